The van der Waals surface area contributed by atoms with E-state index in [1.165, 1.54) is 0 Å². The molecule has 0 unspecified atom stereocenters. The SMILES string of the molecule is N#Cc1ccc2ccccc2[n+]1CC(=O)c1ccccc1. The molecule has 0 amide bonds. The predicted molar refractivity (Wildman–Crippen MR) is 79.6 cm³/mol. The lowest BCUT2D eigenvalue weighted by Gasteiger charge is -2.03. The molecule has 0 saturated carbocycles. The molecule has 0 aliphatic carbocycles. The van der Waals surface area contributed by atoms with Gasteiger partial charge in [-0.25, -0.2) is 0 Å². The van der Waals surface area contributed by atoms with Gasteiger partial charge < -0.3 is 0 Å². The number of nitrogens with zero attached hydrogens (tertiary/aromatic N) is 2. The van der Waals surface area contributed by atoms with Crippen LogP contribution in [0.2, 0.25) is 0 Å². The van der Waals surface area contributed by atoms with Crippen molar-refractivity contribution in [3.8, 4) is 6.07 Å². The number of para-hydroxylation sites is 1. The summed E-state index contributed by atoms with van der Waals surface area (Å²) in [6.07, 6.45) is 0. The van der Waals surface area contributed by atoms with Gasteiger partial charge in [-0.05, 0) is 12.1 Å². The summed E-state index contributed by atoms with van der Waals surface area (Å²) in [6, 6.07) is 22.7. The van der Waals surface area contributed by atoms with Crippen LogP contribution in [-0.2, 0) is 6.54 Å². The molecule has 0 N–H and O–H groups in total. The Morgan fingerprint density at radius 1 is 0.952 bits per heavy atom. The van der Waals surface area contributed by atoms with E-state index in [1.807, 2.05) is 48.5 Å². The zero-order valence-electron chi connectivity index (χ0n) is 11.4. The monoisotopic (exact) mass is 273 g/mol. The minimum atomic E-state index is -0.00606. The molecular formula is C18H13N2O+. The number of nitriles is 1. The maximum absolute atomic E-state index is 12.4. The van der Waals surface area contributed by atoms with Gasteiger partial charge >= 0.3 is 0 Å². The van der Waals surface area contributed by atoms with Gasteiger partial charge in [-0.15, -0.1) is 0 Å². The van der Waals surface area contributed by atoms with Gasteiger partial charge in [0, 0.05) is 23.1 Å². The average molecular weight is 273 g/mol. The molecule has 0 saturated heterocycles. The lowest BCUT2D eigenvalue weighted by Crippen LogP contribution is -2.41. The molecule has 0 radical (unpaired) electrons. The van der Waals surface area contributed by atoms with E-state index in [4.69, 9.17) is 0 Å². The van der Waals surface area contributed by atoms with Crippen molar-refractivity contribution >= 4 is 16.7 Å². The minimum absolute atomic E-state index is 0.00606. The number of carbonyl (C=O) groups excluding carboxylic acids is 1. The molecule has 0 fully saturated rings. The molecule has 0 aliphatic rings. The van der Waals surface area contributed by atoms with Gasteiger partial charge in [-0.1, -0.05) is 42.5 Å². The summed E-state index contributed by atoms with van der Waals surface area (Å²) >= 11 is 0. The van der Waals surface area contributed by atoms with Crippen LogP contribution in [0.25, 0.3) is 10.9 Å². The molecule has 1 heterocycles. The van der Waals surface area contributed by atoms with E-state index in [0.29, 0.717) is 11.3 Å². The highest BCUT2D eigenvalue weighted by Crippen LogP contribution is 2.11. The minimum Gasteiger partial charge on any atom is -0.287 e. The third-order valence-corrected chi connectivity index (χ3v) is 3.45. The Kier molecular flexibility index (Phi) is 3.44. The third-order valence-electron chi connectivity index (χ3n) is 3.45. The van der Waals surface area contributed by atoms with E-state index in [0.717, 1.165) is 10.9 Å². The Labute approximate surface area is 122 Å². The molecule has 0 atom stereocenters. The van der Waals surface area contributed by atoms with E-state index >= 15 is 0 Å². The predicted octanol–water partition coefficient (Wildman–Crippen LogP) is 2.88. The first kappa shape index (κ1) is 13.0. The number of fused-ring (bicyclic) bond motifs is 1. The topological polar surface area (TPSA) is 44.7 Å². The summed E-state index contributed by atoms with van der Waals surface area (Å²) < 4.78 is 1.77. The third kappa shape index (κ3) is 2.52. The van der Waals surface area contributed by atoms with Crippen LogP contribution < -0.4 is 4.57 Å². The molecule has 0 aliphatic heterocycles. The summed E-state index contributed by atoms with van der Waals surface area (Å²) in [6.45, 7) is 0.161. The molecule has 0 bridgehead atoms. The maximum atomic E-state index is 12.4. The molecule has 3 rings (SSSR count). The lowest BCUT2D eigenvalue weighted by molar-refractivity contribution is -0.659. The number of rotatable bonds is 3. The normalized spacial score (nSPS) is 10.2. The largest absolute Gasteiger partial charge is 0.287 e. The number of Topliss-reactive ketones (excluding diaryl/α,β-unsaturated/α-hetero) is 1. The van der Waals surface area contributed by atoms with Crippen LogP contribution in [0.1, 0.15) is 16.1 Å². The second kappa shape index (κ2) is 5.56. The number of ketones is 1. The Morgan fingerprint density at radius 3 is 2.43 bits per heavy atom. The second-order valence-electron chi connectivity index (χ2n) is 4.76. The first-order valence-electron chi connectivity index (χ1n) is 6.69. The number of pyridine rings is 1. The molecule has 1 aromatic heterocycles. The van der Waals surface area contributed by atoms with E-state index < -0.39 is 0 Å². The van der Waals surface area contributed by atoms with Gasteiger partial charge in [0.1, 0.15) is 0 Å². The number of carbonyl (C=O) groups is 1. The Morgan fingerprint density at radius 2 is 1.67 bits per heavy atom. The van der Waals surface area contributed by atoms with Crippen LogP contribution >= 0.6 is 0 Å². The van der Waals surface area contributed by atoms with Crippen LogP contribution in [0.3, 0.4) is 0 Å². The average Bonchev–Trinajstić information content (AvgIpc) is 2.56. The van der Waals surface area contributed by atoms with Crippen molar-refractivity contribution in [2.75, 3.05) is 0 Å². The quantitative estimate of drug-likeness (QED) is 0.544. The van der Waals surface area contributed by atoms with E-state index in [2.05, 4.69) is 6.07 Å². The molecule has 100 valence electrons. The summed E-state index contributed by atoms with van der Waals surface area (Å²) in [7, 11) is 0. The van der Waals surface area contributed by atoms with Crippen LogP contribution in [-0.4, -0.2) is 5.78 Å². The Hall–Kier alpha value is -2.99. The van der Waals surface area contributed by atoms with Gasteiger partial charge in [0.2, 0.25) is 17.8 Å². The first-order chi connectivity index (χ1) is 10.3. The second-order valence-corrected chi connectivity index (χ2v) is 4.76. The highest BCUT2D eigenvalue weighted by atomic mass is 16.1. The van der Waals surface area contributed by atoms with Crippen molar-refractivity contribution in [1.29, 1.82) is 5.26 Å². The Bertz CT molecular complexity index is 848. The Balaban J connectivity index is 2.08. The van der Waals surface area contributed by atoms with Crippen molar-refractivity contribution in [2.24, 2.45) is 0 Å². The van der Waals surface area contributed by atoms with Crippen LogP contribution in [0, 0.1) is 11.3 Å². The molecule has 3 heteroatoms. The highest BCUT2D eigenvalue weighted by Gasteiger charge is 2.19. The first-order valence-corrected chi connectivity index (χ1v) is 6.69. The molecule has 2 aromatic carbocycles. The summed E-state index contributed by atoms with van der Waals surface area (Å²) in [5.74, 6) is -0.00606. The van der Waals surface area contributed by atoms with Crippen molar-refractivity contribution in [3.05, 3.63) is 78.0 Å². The fraction of sp³-hybridized carbons (Fsp3) is 0.0556. The zero-order valence-corrected chi connectivity index (χ0v) is 11.4. The number of benzene rings is 2. The smallest absolute Gasteiger partial charge is 0.284 e. The number of hydrogen-bond donors (Lipinski definition) is 0. The van der Waals surface area contributed by atoms with Crippen molar-refractivity contribution in [3.63, 3.8) is 0 Å². The van der Waals surface area contributed by atoms with Gasteiger partial charge in [0.15, 0.2) is 6.07 Å². The van der Waals surface area contributed by atoms with Crippen molar-refractivity contribution < 1.29 is 9.36 Å². The van der Waals surface area contributed by atoms with Crippen LogP contribution in [0.5, 0.6) is 0 Å². The van der Waals surface area contributed by atoms with E-state index in [9.17, 15) is 10.1 Å². The van der Waals surface area contributed by atoms with Crippen molar-refractivity contribution in [1.82, 2.24) is 0 Å². The molecule has 21 heavy (non-hydrogen) atoms. The highest BCUT2D eigenvalue weighted by molar-refractivity contribution is 5.95. The summed E-state index contributed by atoms with van der Waals surface area (Å²) in [4.78, 5) is 12.4. The fourth-order valence-corrected chi connectivity index (χ4v) is 2.39. The van der Waals surface area contributed by atoms with E-state index in [1.54, 1.807) is 22.8 Å². The van der Waals surface area contributed by atoms with Gasteiger partial charge in [-0.3, -0.25) is 4.79 Å². The molecule has 0 spiro atoms. The molecular weight excluding hydrogens is 260 g/mol. The lowest BCUT2D eigenvalue weighted by atomic mass is 10.1. The fourth-order valence-electron chi connectivity index (χ4n) is 2.39. The van der Waals surface area contributed by atoms with Crippen molar-refractivity contribution in [2.45, 2.75) is 6.54 Å². The number of aromatic nitrogens is 1. The zero-order chi connectivity index (χ0) is 14.7. The van der Waals surface area contributed by atoms with E-state index in [-0.39, 0.29) is 12.3 Å². The standard InChI is InChI=1S/C18H13N2O/c19-12-16-11-10-14-6-4-5-9-17(14)20(16)13-18(21)15-7-2-1-3-8-15/h1-11H,13H2/q+1. The summed E-state index contributed by atoms with van der Waals surface area (Å²) in [5.41, 5.74) is 2.03. The van der Waals surface area contributed by atoms with Gasteiger partial charge in [-0.2, -0.15) is 9.83 Å². The van der Waals surface area contributed by atoms with Crippen LogP contribution in [0.4, 0.5) is 0 Å². The number of hydrogen-bond acceptors (Lipinski definition) is 2. The molecule has 3 aromatic rings. The van der Waals surface area contributed by atoms with Gasteiger partial charge in [0.05, 0.1) is 0 Å². The van der Waals surface area contributed by atoms with Gasteiger partial charge in [0.25, 0.3) is 5.69 Å². The maximum Gasteiger partial charge on any atom is 0.284 e. The molecule has 3 nitrogen and oxygen atoms in total. The summed E-state index contributed by atoms with van der Waals surface area (Å²) in [5, 5.41) is 10.3. The van der Waals surface area contributed by atoms with Crippen LogP contribution in [0.15, 0.2) is 66.7 Å².